The van der Waals surface area contributed by atoms with Crippen molar-refractivity contribution in [2.75, 3.05) is 44.3 Å². The van der Waals surface area contributed by atoms with Gasteiger partial charge in [0, 0.05) is 38.9 Å². The number of amides is 1. The normalized spacial score (nSPS) is 22.4. The minimum absolute atomic E-state index is 0.0209. The lowest BCUT2D eigenvalue weighted by molar-refractivity contribution is -0.121. The van der Waals surface area contributed by atoms with Crippen LogP contribution in [0.5, 0.6) is 5.75 Å². The van der Waals surface area contributed by atoms with Gasteiger partial charge in [-0.25, -0.2) is 4.39 Å². The zero-order valence-electron chi connectivity index (χ0n) is 16.0. The van der Waals surface area contributed by atoms with Crippen LogP contribution in [0.25, 0.3) is 0 Å². The summed E-state index contributed by atoms with van der Waals surface area (Å²) in [7, 11) is 0. The Hall–Kier alpha value is -1.66. The van der Waals surface area contributed by atoms with Crippen LogP contribution in [-0.2, 0) is 9.53 Å². The van der Waals surface area contributed by atoms with Gasteiger partial charge in [0.15, 0.2) is 6.61 Å². The van der Waals surface area contributed by atoms with Gasteiger partial charge in [-0.2, -0.15) is 0 Å². The number of halogens is 1. The van der Waals surface area contributed by atoms with Crippen LogP contribution < -0.4 is 9.64 Å². The summed E-state index contributed by atoms with van der Waals surface area (Å²) in [5, 5.41) is 0. The summed E-state index contributed by atoms with van der Waals surface area (Å²) in [4.78, 5) is 16.5. The first kappa shape index (κ1) is 18.7. The Kier molecular flexibility index (Phi) is 5.64. The number of fused-ring (bicyclic) bond motifs is 1. The molecule has 4 rings (SSSR count). The molecule has 1 unspecified atom stereocenters. The highest BCUT2D eigenvalue weighted by Gasteiger charge is 2.29. The van der Waals surface area contributed by atoms with Gasteiger partial charge in [-0.05, 0) is 49.7 Å². The molecule has 0 spiro atoms. The number of carbonyl (C=O) groups excluding carboxylic acids is 1. The fraction of sp³-hybridized carbons (Fsp3) is 0.667. The number of nitrogens with zero attached hydrogens (tertiary/aromatic N) is 2. The van der Waals surface area contributed by atoms with Crippen LogP contribution in [0.2, 0.25) is 0 Å². The molecule has 1 saturated heterocycles. The van der Waals surface area contributed by atoms with E-state index in [0.717, 1.165) is 45.0 Å². The minimum Gasteiger partial charge on any atom is -0.481 e. The number of piperidine rings is 1. The standard InChI is InChI=1S/C21H29FN2O3/c1-15(11-23-8-6-18(7-9-23)26-13-16-2-3-16)12-24-19-5-4-17(22)10-20(19)27-14-21(24)25/h4-5,10,15-16,18H,2-3,6-9,11-14H2,1H3. The molecule has 1 aromatic carbocycles. The number of benzene rings is 1. The summed E-state index contributed by atoms with van der Waals surface area (Å²) >= 11 is 0. The third-order valence-corrected chi connectivity index (χ3v) is 5.73. The van der Waals surface area contributed by atoms with E-state index in [9.17, 15) is 9.18 Å². The summed E-state index contributed by atoms with van der Waals surface area (Å²) in [5.74, 6) is 1.20. The van der Waals surface area contributed by atoms with E-state index in [2.05, 4.69) is 11.8 Å². The predicted molar refractivity (Wildman–Crippen MR) is 102 cm³/mol. The lowest BCUT2D eigenvalue weighted by atomic mass is 10.0. The first-order chi connectivity index (χ1) is 13.1. The van der Waals surface area contributed by atoms with Gasteiger partial charge in [0.1, 0.15) is 11.6 Å². The molecule has 148 valence electrons. The summed E-state index contributed by atoms with van der Waals surface area (Å²) in [6.07, 6.45) is 5.29. The maximum absolute atomic E-state index is 13.4. The Labute approximate surface area is 160 Å². The monoisotopic (exact) mass is 376 g/mol. The lowest BCUT2D eigenvalue weighted by Crippen LogP contribution is -2.45. The molecule has 0 bridgehead atoms. The van der Waals surface area contributed by atoms with Crippen molar-refractivity contribution >= 4 is 11.6 Å². The number of anilines is 1. The molecular formula is C21H29FN2O3. The van der Waals surface area contributed by atoms with Crippen molar-refractivity contribution in [1.29, 1.82) is 0 Å². The summed E-state index contributed by atoms with van der Waals surface area (Å²) in [5.41, 5.74) is 0.673. The molecule has 1 aromatic rings. The molecule has 6 heteroatoms. The third kappa shape index (κ3) is 4.79. The number of likely N-dealkylation sites (tertiary alicyclic amines) is 1. The molecule has 0 radical (unpaired) electrons. The number of carbonyl (C=O) groups is 1. The molecule has 2 fully saturated rings. The van der Waals surface area contributed by atoms with E-state index in [1.165, 1.54) is 25.0 Å². The van der Waals surface area contributed by atoms with Gasteiger partial charge >= 0.3 is 0 Å². The van der Waals surface area contributed by atoms with Gasteiger partial charge in [-0.1, -0.05) is 6.92 Å². The van der Waals surface area contributed by atoms with Crippen molar-refractivity contribution in [3.63, 3.8) is 0 Å². The van der Waals surface area contributed by atoms with Crippen molar-refractivity contribution in [2.45, 2.75) is 38.7 Å². The Balaban J connectivity index is 1.27. The maximum Gasteiger partial charge on any atom is 0.265 e. The van der Waals surface area contributed by atoms with Gasteiger partial charge in [0.25, 0.3) is 5.91 Å². The second kappa shape index (κ2) is 8.15. The Morgan fingerprint density at radius 3 is 2.74 bits per heavy atom. The molecule has 27 heavy (non-hydrogen) atoms. The quantitative estimate of drug-likeness (QED) is 0.733. The van der Waals surface area contributed by atoms with Crippen molar-refractivity contribution < 1.29 is 18.7 Å². The first-order valence-electron chi connectivity index (χ1n) is 10.1. The van der Waals surface area contributed by atoms with Gasteiger partial charge in [-0.3, -0.25) is 4.79 Å². The lowest BCUT2D eigenvalue weighted by Gasteiger charge is -2.36. The van der Waals surface area contributed by atoms with Crippen molar-refractivity contribution in [2.24, 2.45) is 11.8 Å². The summed E-state index contributed by atoms with van der Waals surface area (Å²) in [6.45, 7) is 6.78. The number of hydrogen-bond acceptors (Lipinski definition) is 4. The predicted octanol–water partition coefficient (Wildman–Crippen LogP) is 3.08. The highest BCUT2D eigenvalue weighted by molar-refractivity contribution is 5.97. The van der Waals surface area contributed by atoms with Gasteiger partial charge in [0.2, 0.25) is 0 Å². The number of rotatable bonds is 7. The Bertz CT molecular complexity index is 671. The van der Waals surface area contributed by atoms with Crippen molar-refractivity contribution in [3.8, 4) is 5.75 Å². The van der Waals surface area contributed by atoms with Crippen LogP contribution in [0.4, 0.5) is 10.1 Å². The second-order valence-corrected chi connectivity index (χ2v) is 8.29. The number of ether oxygens (including phenoxy) is 2. The summed E-state index contributed by atoms with van der Waals surface area (Å²) in [6, 6.07) is 4.37. The van der Waals surface area contributed by atoms with Crippen molar-refractivity contribution in [3.05, 3.63) is 24.0 Å². The average molecular weight is 376 g/mol. The molecule has 0 aromatic heterocycles. The molecular weight excluding hydrogens is 347 g/mol. The maximum atomic E-state index is 13.4. The molecule has 2 aliphatic heterocycles. The van der Waals surface area contributed by atoms with E-state index in [0.29, 0.717) is 30.0 Å². The summed E-state index contributed by atoms with van der Waals surface area (Å²) < 4.78 is 24.8. The highest BCUT2D eigenvalue weighted by atomic mass is 19.1. The van der Waals surface area contributed by atoms with Crippen LogP contribution in [0.3, 0.4) is 0 Å². The zero-order valence-corrected chi connectivity index (χ0v) is 16.0. The third-order valence-electron chi connectivity index (χ3n) is 5.73. The van der Waals surface area contributed by atoms with Gasteiger partial charge in [-0.15, -0.1) is 0 Å². The second-order valence-electron chi connectivity index (χ2n) is 8.29. The first-order valence-corrected chi connectivity index (χ1v) is 10.1. The average Bonchev–Trinajstić information content (AvgIpc) is 3.48. The highest BCUT2D eigenvalue weighted by Crippen LogP contribution is 2.33. The van der Waals surface area contributed by atoms with E-state index in [4.69, 9.17) is 9.47 Å². The van der Waals surface area contributed by atoms with E-state index in [-0.39, 0.29) is 18.3 Å². The van der Waals surface area contributed by atoms with Gasteiger partial charge in [0.05, 0.1) is 11.8 Å². The molecule has 1 amide bonds. The topological polar surface area (TPSA) is 42.0 Å². The molecule has 1 aliphatic carbocycles. The number of hydrogen-bond donors (Lipinski definition) is 0. The van der Waals surface area contributed by atoms with Crippen LogP contribution in [-0.4, -0.2) is 56.3 Å². The molecule has 1 atom stereocenters. The smallest absolute Gasteiger partial charge is 0.265 e. The Morgan fingerprint density at radius 2 is 2.00 bits per heavy atom. The van der Waals surface area contributed by atoms with E-state index in [1.807, 2.05) is 0 Å². The van der Waals surface area contributed by atoms with E-state index >= 15 is 0 Å². The van der Waals surface area contributed by atoms with Crippen molar-refractivity contribution in [1.82, 2.24) is 4.90 Å². The van der Waals surface area contributed by atoms with E-state index in [1.54, 1.807) is 11.0 Å². The zero-order chi connectivity index (χ0) is 18.8. The minimum atomic E-state index is -0.345. The Morgan fingerprint density at radius 1 is 1.22 bits per heavy atom. The van der Waals surface area contributed by atoms with Crippen LogP contribution in [0.15, 0.2) is 18.2 Å². The van der Waals surface area contributed by atoms with Crippen LogP contribution >= 0.6 is 0 Å². The molecule has 5 nitrogen and oxygen atoms in total. The van der Waals surface area contributed by atoms with Crippen LogP contribution in [0, 0.1) is 17.7 Å². The van der Waals surface area contributed by atoms with Crippen LogP contribution in [0.1, 0.15) is 32.6 Å². The SMILES string of the molecule is CC(CN1CCC(OCC2CC2)CC1)CN1C(=O)COc2cc(F)ccc21. The molecule has 0 N–H and O–H groups in total. The van der Waals surface area contributed by atoms with E-state index < -0.39 is 0 Å². The molecule has 3 aliphatic rings. The largest absolute Gasteiger partial charge is 0.481 e. The fourth-order valence-electron chi connectivity index (χ4n) is 4.00. The fourth-order valence-corrected chi connectivity index (χ4v) is 4.00. The molecule has 2 heterocycles. The van der Waals surface area contributed by atoms with Gasteiger partial charge < -0.3 is 19.3 Å². The molecule has 1 saturated carbocycles.